The highest BCUT2D eigenvalue weighted by Gasteiger charge is 2.24. The molecule has 1 N–H and O–H groups in total. The quantitative estimate of drug-likeness (QED) is 0.716. The van der Waals surface area contributed by atoms with Crippen molar-refractivity contribution in [2.24, 2.45) is 11.3 Å². The van der Waals surface area contributed by atoms with Crippen LogP contribution in [0.1, 0.15) is 50.8 Å². The van der Waals surface area contributed by atoms with Crippen LogP contribution in [0.4, 0.5) is 0 Å². The second kappa shape index (κ2) is 7.30. The molecule has 2 heteroatoms. The first-order valence-corrected chi connectivity index (χ1v) is 8.07. The molecule has 1 heterocycles. The molecule has 1 atom stereocenters. The largest absolute Gasteiger partial charge is 0.316 e. The van der Waals surface area contributed by atoms with Crippen LogP contribution in [0.2, 0.25) is 0 Å². The maximum absolute atomic E-state index is 3.59. The van der Waals surface area contributed by atoms with Crippen LogP contribution in [0.25, 0.3) is 0 Å². The summed E-state index contributed by atoms with van der Waals surface area (Å²) in [5, 5.41) is 3.59. The maximum Gasteiger partial charge on any atom is 0.00516 e. The van der Waals surface area contributed by atoms with E-state index in [0.717, 1.165) is 13.1 Å². The topological polar surface area (TPSA) is 12.0 Å². The number of hydrogen-bond donors (Lipinski definition) is 1. The lowest BCUT2D eigenvalue weighted by Crippen LogP contribution is -2.33. The molecule has 0 saturated heterocycles. The van der Waals surface area contributed by atoms with Crippen LogP contribution >= 0.6 is 11.3 Å². The van der Waals surface area contributed by atoms with Crippen molar-refractivity contribution in [3.63, 3.8) is 0 Å². The molecule has 0 radical (unpaired) electrons. The summed E-state index contributed by atoms with van der Waals surface area (Å²) in [5.41, 5.74) is 0.372. The Morgan fingerprint density at radius 1 is 1.17 bits per heavy atom. The van der Waals surface area contributed by atoms with Crippen LogP contribution in [-0.4, -0.2) is 13.1 Å². The molecule has 0 aromatic carbocycles. The molecule has 1 aromatic rings. The number of nitrogens with one attached hydrogen (secondary N) is 1. The number of hydrogen-bond acceptors (Lipinski definition) is 2. The highest BCUT2D eigenvalue weighted by atomic mass is 32.1. The van der Waals surface area contributed by atoms with Gasteiger partial charge in [0.05, 0.1) is 0 Å². The van der Waals surface area contributed by atoms with E-state index in [1.807, 2.05) is 11.3 Å². The van der Waals surface area contributed by atoms with E-state index in [4.69, 9.17) is 0 Å². The Kier molecular flexibility index (Phi) is 6.37. The average Bonchev–Trinajstić information content (AvgIpc) is 2.74. The molecule has 1 aromatic heterocycles. The molecule has 1 unspecified atom stereocenters. The predicted molar refractivity (Wildman–Crippen MR) is 83.5 cm³/mol. The minimum absolute atomic E-state index is 0.372. The summed E-state index contributed by atoms with van der Waals surface area (Å²) < 4.78 is 0. The van der Waals surface area contributed by atoms with Crippen LogP contribution in [0.15, 0.2) is 12.1 Å². The Hall–Kier alpha value is -0.340. The molecule has 0 amide bonds. The minimum atomic E-state index is 0.372. The summed E-state index contributed by atoms with van der Waals surface area (Å²) in [6, 6.07) is 4.61. The number of rotatable bonds is 7. The zero-order valence-corrected chi connectivity index (χ0v) is 13.5. The van der Waals surface area contributed by atoms with E-state index < -0.39 is 0 Å². The van der Waals surface area contributed by atoms with Gasteiger partial charge < -0.3 is 5.32 Å². The maximum atomic E-state index is 3.59. The van der Waals surface area contributed by atoms with Gasteiger partial charge in [0.1, 0.15) is 0 Å². The summed E-state index contributed by atoms with van der Waals surface area (Å²) in [4.78, 5) is 3.06. The Morgan fingerprint density at radius 2 is 1.83 bits per heavy atom. The van der Waals surface area contributed by atoms with Gasteiger partial charge in [0, 0.05) is 9.75 Å². The Bertz CT molecular complexity index is 335. The van der Waals surface area contributed by atoms with Crippen molar-refractivity contribution in [2.45, 2.75) is 53.9 Å². The van der Waals surface area contributed by atoms with Gasteiger partial charge in [0.25, 0.3) is 0 Å². The monoisotopic (exact) mass is 267 g/mol. The molecule has 0 spiro atoms. The SMILES string of the molecule is CCCNCC(Cc1ccc(CC)s1)C(C)(C)C. The highest BCUT2D eigenvalue weighted by molar-refractivity contribution is 7.11. The molecule has 1 rings (SSSR count). The van der Waals surface area contributed by atoms with Crippen molar-refractivity contribution in [1.82, 2.24) is 5.32 Å². The third-order valence-electron chi connectivity index (χ3n) is 3.56. The van der Waals surface area contributed by atoms with Crippen LogP contribution in [0.3, 0.4) is 0 Å². The first-order chi connectivity index (χ1) is 8.47. The van der Waals surface area contributed by atoms with Crippen LogP contribution in [0, 0.1) is 11.3 Å². The highest BCUT2D eigenvalue weighted by Crippen LogP contribution is 2.31. The van der Waals surface area contributed by atoms with Gasteiger partial charge in [-0.15, -0.1) is 11.3 Å². The molecular formula is C16H29NS. The molecule has 0 aliphatic rings. The van der Waals surface area contributed by atoms with E-state index in [0.29, 0.717) is 11.3 Å². The fourth-order valence-corrected chi connectivity index (χ4v) is 3.14. The van der Waals surface area contributed by atoms with Gasteiger partial charge in [-0.2, -0.15) is 0 Å². The van der Waals surface area contributed by atoms with Crippen LogP contribution in [0.5, 0.6) is 0 Å². The van der Waals surface area contributed by atoms with Gasteiger partial charge >= 0.3 is 0 Å². The van der Waals surface area contributed by atoms with E-state index in [2.05, 4.69) is 52.1 Å². The molecule has 104 valence electrons. The molecule has 0 fully saturated rings. The number of aryl methyl sites for hydroxylation is 1. The summed E-state index contributed by atoms with van der Waals surface area (Å²) in [5.74, 6) is 0.715. The van der Waals surface area contributed by atoms with Gasteiger partial charge in [-0.05, 0) is 55.8 Å². The summed E-state index contributed by atoms with van der Waals surface area (Å²) in [7, 11) is 0. The zero-order valence-electron chi connectivity index (χ0n) is 12.7. The van der Waals surface area contributed by atoms with Crippen molar-refractivity contribution in [2.75, 3.05) is 13.1 Å². The second-order valence-corrected chi connectivity index (χ2v) is 7.45. The van der Waals surface area contributed by atoms with Crippen molar-refractivity contribution in [3.05, 3.63) is 21.9 Å². The molecular weight excluding hydrogens is 238 g/mol. The summed E-state index contributed by atoms with van der Waals surface area (Å²) in [6.45, 7) is 13.8. The van der Waals surface area contributed by atoms with Crippen LogP contribution < -0.4 is 5.32 Å². The van der Waals surface area contributed by atoms with Crippen molar-refractivity contribution >= 4 is 11.3 Å². The lowest BCUT2D eigenvalue weighted by Gasteiger charge is -2.31. The summed E-state index contributed by atoms with van der Waals surface area (Å²) >= 11 is 1.99. The predicted octanol–water partition coefficient (Wildman–Crippen LogP) is 4.51. The average molecular weight is 267 g/mol. The molecule has 0 aliphatic carbocycles. The minimum Gasteiger partial charge on any atom is -0.316 e. The van der Waals surface area contributed by atoms with E-state index in [-0.39, 0.29) is 0 Å². The fourth-order valence-electron chi connectivity index (χ4n) is 2.10. The fraction of sp³-hybridized carbons (Fsp3) is 0.750. The van der Waals surface area contributed by atoms with Gasteiger partial charge in [-0.3, -0.25) is 0 Å². The summed E-state index contributed by atoms with van der Waals surface area (Å²) in [6.07, 6.45) is 3.60. The third kappa shape index (κ3) is 5.11. The van der Waals surface area contributed by atoms with Crippen molar-refractivity contribution in [3.8, 4) is 0 Å². The first kappa shape index (κ1) is 15.7. The lowest BCUT2D eigenvalue weighted by atomic mass is 9.78. The van der Waals surface area contributed by atoms with Gasteiger partial charge in [-0.1, -0.05) is 34.6 Å². The van der Waals surface area contributed by atoms with Crippen molar-refractivity contribution in [1.29, 1.82) is 0 Å². The second-order valence-electron chi connectivity index (χ2n) is 6.19. The molecule has 0 saturated carbocycles. The normalized spacial score (nSPS) is 13.8. The van der Waals surface area contributed by atoms with E-state index >= 15 is 0 Å². The Balaban J connectivity index is 2.60. The third-order valence-corrected chi connectivity index (χ3v) is 4.81. The first-order valence-electron chi connectivity index (χ1n) is 7.25. The number of thiophene rings is 1. The van der Waals surface area contributed by atoms with E-state index in [1.165, 1.54) is 24.1 Å². The molecule has 18 heavy (non-hydrogen) atoms. The van der Waals surface area contributed by atoms with E-state index in [9.17, 15) is 0 Å². The van der Waals surface area contributed by atoms with Crippen molar-refractivity contribution < 1.29 is 0 Å². The molecule has 0 bridgehead atoms. The van der Waals surface area contributed by atoms with Gasteiger partial charge in [0.15, 0.2) is 0 Å². The van der Waals surface area contributed by atoms with E-state index in [1.54, 1.807) is 4.88 Å². The standard InChI is InChI=1S/C16H29NS/c1-6-10-17-12-13(16(3,4)5)11-15-9-8-14(7-2)18-15/h8-9,13,17H,6-7,10-12H2,1-5H3. The van der Waals surface area contributed by atoms with Crippen LogP contribution in [-0.2, 0) is 12.8 Å². The Labute approximate surface area is 117 Å². The molecule has 0 aliphatic heterocycles. The molecule has 1 nitrogen and oxygen atoms in total. The smallest absolute Gasteiger partial charge is 0.00516 e. The van der Waals surface area contributed by atoms with Gasteiger partial charge in [0.2, 0.25) is 0 Å². The van der Waals surface area contributed by atoms with Gasteiger partial charge in [-0.25, -0.2) is 0 Å². The Morgan fingerprint density at radius 3 is 2.33 bits per heavy atom. The zero-order chi connectivity index (χ0) is 13.6. The lowest BCUT2D eigenvalue weighted by molar-refractivity contribution is 0.232.